The number of carbonyl (C=O) groups excluding carboxylic acids is 1. The second kappa shape index (κ2) is 3.24. The molecule has 74 valence electrons. The molecular formula is C9H7BrFNO2. The molecule has 0 spiro atoms. The van der Waals surface area contributed by atoms with Crippen LogP contribution in [0.3, 0.4) is 0 Å². The van der Waals surface area contributed by atoms with Gasteiger partial charge in [-0.15, -0.1) is 0 Å². The monoisotopic (exact) mass is 259 g/mol. The zero-order chi connectivity index (χ0) is 10.3. The van der Waals surface area contributed by atoms with Crippen LogP contribution in [0.1, 0.15) is 5.56 Å². The summed E-state index contributed by atoms with van der Waals surface area (Å²) in [5, 5.41) is 0. The van der Waals surface area contributed by atoms with Crippen LogP contribution < -0.4 is 4.90 Å². The molecule has 0 aliphatic carbocycles. The van der Waals surface area contributed by atoms with Crippen LogP contribution in [0.25, 0.3) is 0 Å². The number of amides is 1. The summed E-state index contributed by atoms with van der Waals surface area (Å²) < 4.78 is 18.9. The number of ether oxygens (including phenoxy) is 1. The Balaban J connectivity index is 2.60. The molecule has 1 aromatic rings. The van der Waals surface area contributed by atoms with E-state index in [0.717, 1.165) is 0 Å². The van der Waals surface area contributed by atoms with Crippen LogP contribution in [-0.2, 0) is 11.3 Å². The topological polar surface area (TPSA) is 29.5 Å². The Morgan fingerprint density at radius 1 is 1.57 bits per heavy atom. The number of benzene rings is 1. The van der Waals surface area contributed by atoms with Gasteiger partial charge in [0.1, 0.15) is 12.4 Å². The SMILES string of the molecule is CN1C(=O)OCc2cc(Br)cc(F)c21. The van der Waals surface area contributed by atoms with Gasteiger partial charge in [-0.1, -0.05) is 15.9 Å². The van der Waals surface area contributed by atoms with E-state index in [2.05, 4.69) is 15.9 Å². The smallest absolute Gasteiger partial charge is 0.414 e. The number of anilines is 1. The second-order valence-electron chi connectivity index (χ2n) is 3.01. The molecule has 14 heavy (non-hydrogen) atoms. The van der Waals surface area contributed by atoms with Crippen molar-refractivity contribution in [1.82, 2.24) is 0 Å². The molecule has 0 bridgehead atoms. The Kier molecular flexibility index (Phi) is 2.19. The van der Waals surface area contributed by atoms with E-state index in [1.807, 2.05) is 0 Å². The van der Waals surface area contributed by atoms with Gasteiger partial charge in [0.05, 0.1) is 5.69 Å². The third-order valence-corrected chi connectivity index (χ3v) is 2.53. The van der Waals surface area contributed by atoms with Crippen molar-refractivity contribution in [3.63, 3.8) is 0 Å². The lowest BCUT2D eigenvalue weighted by molar-refractivity contribution is 0.143. The summed E-state index contributed by atoms with van der Waals surface area (Å²) in [5.41, 5.74) is 0.962. The van der Waals surface area contributed by atoms with Crippen molar-refractivity contribution in [2.24, 2.45) is 0 Å². The van der Waals surface area contributed by atoms with Crippen LogP contribution in [0.5, 0.6) is 0 Å². The third-order valence-electron chi connectivity index (χ3n) is 2.07. The van der Waals surface area contributed by atoms with Crippen molar-refractivity contribution in [2.75, 3.05) is 11.9 Å². The first-order valence-electron chi connectivity index (χ1n) is 3.98. The van der Waals surface area contributed by atoms with E-state index in [0.29, 0.717) is 15.7 Å². The Labute approximate surface area is 88.6 Å². The summed E-state index contributed by atoms with van der Waals surface area (Å²) in [4.78, 5) is 12.3. The maximum absolute atomic E-state index is 13.5. The summed E-state index contributed by atoms with van der Waals surface area (Å²) >= 11 is 3.18. The van der Waals surface area contributed by atoms with Crippen LogP contribution in [0.15, 0.2) is 16.6 Å². The zero-order valence-corrected chi connectivity index (χ0v) is 8.97. The molecule has 0 unspecified atom stereocenters. The maximum Gasteiger partial charge on any atom is 0.414 e. The number of halogens is 2. The first-order chi connectivity index (χ1) is 6.59. The molecule has 3 nitrogen and oxygen atoms in total. The average Bonchev–Trinajstić information content (AvgIpc) is 2.10. The van der Waals surface area contributed by atoms with E-state index < -0.39 is 11.9 Å². The lowest BCUT2D eigenvalue weighted by atomic mass is 10.1. The van der Waals surface area contributed by atoms with Gasteiger partial charge in [0.25, 0.3) is 0 Å². The van der Waals surface area contributed by atoms with Gasteiger partial charge < -0.3 is 4.74 Å². The highest BCUT2D eigenvalue weighted by Gasteiger charge is 2.25. The predicted octanol–water partition coefficient (Wildman–Crippen LogP) is 2.67. The molecule has 5 heteroatoms. The van der Waals surface area contributed by atoms with Gasteiger partial charge in [-0.3, -0.25) is 4.90 Å². The molecule has 0 fully saturated rings. The molecule has 0 aromatic heterocycles. The highest BCUT2D eigenvalue weighted by molar-refractivity contribution is 9.10. The molecule has 0 saturated heterocycles. The quantitative estimate of drug-likeness (QED) is 0.717. The summed E-state index contributed by atoms with van der Waals surface area (Å²) in [6, 6.07) is 3.06. The van der Waals surface area contributed by atoms with E-state index in [-0.39, 0.29) is 6.61 Å². The van der Waals surface area contributed by atoms with Crippen LogP contribution in [0.4, 0.5) is 14.9 Å². The fourth-order valence-electron chi connectivity index (χ4n) is 1.43. The summed E-state index contributed by atoms with van der Waals surface area (Å²) in [5.74, 6) is -0.423. The molecule has 0 saturated carbocycles. The first kappa shape index (κ1) is 9.45. The number of rotatable bonds is 0. The van der Waals surface area contributed by atoms with Crippen molar-refractivity contribution in [1.29, 1.82) is 0 Å². The average molecular weight is 260 g/mol. The Bertz CT molecular complexity index is 408. The maximum atomic E-state index is 13.5. The minimum absolute atomic E-state index is 0.120. The van der Waals surface area contributed by atoms with Crippen LogP contribution in [0.2, 0.25) is 0 Å². The van der Waals surface area contributed by atoms with Gasteiger partial charge in [0, 0.05) is 17.1 Å². The molecule has 1 aromatic carbocycles. The number of nitrogens with zero attached hydrogens (tertiary/aromatic N) is 1. The molecule has 1 aliphatic rings. The van der Waals surface area contributed by atoms with Crippen molar-refractivity contribution >= 4 is 27.7 Å². The molecule has 2 rings (SSSR count). The highest BCUT2D eigenvalue weighted by atomic mass is 79.9. The minimum Gasteiger partial charge on any atom is -0.444 e. The molecule has 0 atom stereocenters. The largest absolute Gasteiger partial charge is 0.444 e. The van der Waals surface area contributed by atoms with E-state index in [1.54, 1.807) is 6.07 Å². The molecule has 1 aliphatic heterocycles. The van der Waals surface area contributed by atoms with Gasteiger partial charge >= 0.3 is 6.09 Å². The standard InChI is InChI=1S/C9H7BrFNO2/c1-12-8-5(4-14-9(12)13)2-6(10)3-7(8)11/h2-3H,4H2,1H3. The molecule has 1 heterocycles. The van der Waals surface area contributed by atoms with Crippen LogP contribution >= 0.6 is 15.9 Å². The Hall–Kier alpha value is -1.10. The third kappa shape index (κ3) is 1.37. The minimum atomic E-state index is -0.529. The summed E-state index contributed by atoms with van der Waals surface area (Å²) in [7, 11) is 1.48. The van der Waals surface area contributed by atoms with Gasteiger partial charge in [-0.05, 0) is 12.1 Å². The van der Waals surface area contributed by atoms with E-state index in [4.69, 9.17) is 4.74 Å². The molecule has 0 radical (unpaired) electrons. The lowest BCUT2D eigenvalue weighted by Crippen LogP contribution is -2.32. The normalized spacial score (nSPS) is 15.1. The second-order valence-corrected chi connectivity index (χ2v) is 3.92. The number of fused-ring (bicyclic) bond motifs is 1. The van der Waals surface area contributed by atoms with Crippen molar-refractivity contribution in [3.05, 3.63) is 28.0 Å². The number of hydrogen-bond donors (Lipinski definition) is 0. The summed E-state index contributed by atoms with van der Waals surface area (Å²) in [6.07, 6.45) is -0.529. The lowest BCUT2D eigenvalue weighted by Gasteiger charge is -2.25. The van der Waals surface area contributed by atoms with Crippen molar-refractivity contribution < 1.29 is 13.9 Å². The molecule has 0 N–H and O–H groups in total. The van der Waals surface area contributed by atoms with Crippen molar-refractivity contribution in [3.8, 4) is 0 Å². The predicted molar refractivity (Wildman–Crippen MR) is 52.7 cm³/mol. The van der Waals surface area contributed by atoms with Crippen LogP contribution in [0, 0.1) is 5.82 Å². The number of carbonyl (C=O) groups is 1. The Morgan fingerprint density at radius 3 is 3.00 bits per heavy atom. The van der Waals surface area contributed by atoms with Gasteiger partial charge in [0.15, 0.2) is 0 Å². The Morgan fingerprint density at radius 2 is 2.29 bits per heavy atom. The highest BCUT2D eigenvalue weighted by Crippen LogP contribution is 2.31. The van der Waals surface area contributed by atoms with Gasteiger partial charge in [0.2, 0.25) is 0 Å². The fraction of sp³-hybridized carbons (Fsp3) is 0.222. The zero-order valence-electron chi connectivity index (χ0n) is 7.38. The van der Waals surface area contributed by atoms with Crippen molar-refractivity contribution in [2.45, 2.75) is 6.61 Å². The van der Waals surface area contributed by atoms with E-state index >= 15 is 0 Å². The molecular weight excluding hydrogens is 253 g/mol. The number of hydrogen-bond acceptors (Lipinski definition) is 2. The first-order valence-corrected chi connectivity index (χ1v) is 4.77. The van der Waals surface area contributed by atoms with E-state index in [9.17, 15) is 9.18 Å². The van der Waals surface area contributed by atoms with Gasteiger partial charge in [-0.2, -0.15) is 0 Å². The van der Waals surface area contributed by atoms with E-state index in [1.165, 1.54) is 18.0 Å². The fourth-order valence-corrected chi connectivity index (χ4v) is 1.91. The molecule has 1 amide bonds. The van der Waals surface area contributed by atoms with Crippen LogP contribution in [-0.4, -0.2) is 13.1 Å². The number of cyclic esters (lactones) is 1. The van der Waals surface area contributed by atoms with Gasteiger partial charge in [-0.25, -0.2) is 9.18 Å². The summed E-state index contributed by atoms with van der Waals surface area (Å²) in [6.45, 7) is 0.120.